The lowest BCUT2D eigenvalue weighted by Crippen LogP contribution is -2.02. The van der Waals surface area contributed by atoms with Crippen LogP contribution in [0, 0.1) is 0 Å². The number of unbranched alkanes of at least 4 members (excludes halogenated alkanes) is 3. The largest absolute Gasteiger partial charge is 0.481 e. The molecule has 0 aliphatic rings. The van der Waals surface area contributed by atoms with Gasteiger partial charge in [0, 0.05) is 25.5 Å². The van der Waals surface area contributed by atoms with Crippen LogP contribution in [0.5, 0.6) is 0 Å². The number of aliphatic hydroxyl groups excluding tert-OH is 1. The highest BCUT2D eigenvalue weighted by atomic mass is 16.5. The Hall–Kier alpha value is -1.36. The van der Waals surface area contributed by atoms with Crippen molar-refractivity contribution in [2.45, 2.75) is 45.4 Å². The van der Waals surface area contributed by atoms with E-state index >= 15 is 0 Å². The van der Waals surface area contributed by atoms with Crippen LogP contribution in [-0.2, 0) is 14.3 Å². The quantitative estimate of drug-likeness (QED) is 0.377. The summed E-state index contributed by atoms with van der Waals surface area (Å²) in [6, 6.07) is 0. The minimum Gasteiger partial charge on any atom is -0.481 e. The van der Waals surface area contributed by atoms with E-state index in [1.165, 1.54) is 6.42 Å². The van der Waals surface area contributed by atoms with Crippen molar-refractivity contribution < 1.29 is 24.5 Å². The van der Waals surface area contributed by atoms with Crippen molar-refractivity contribution >= 4 is 11.9 Å². The van der Waals surface area contributed by atoms with Crippen molar-refractivity contribution in [2.24, 2.45) is 0 Å². The molecule has 0 radical (unpaired) electrons. The molecule has 5 nitrogen and oxygen atoms in total. The summed E-state index contributed by atoms with van der Waals surface area (Å²) < 4.78 is 4.51. The summed E-state index contributed by atoms with van der Waals surface area (Å²) in [7, 11) is 0. The molecule has 18 heavy (non-hydrogen) atoms. The van der Waals surface area contributed by atoms with Gasteiger partial charge in [-0.3, -0.25) is 4.79 Å². The van der Waals surface area contributed by atoms with Crippen LogP contribution in [0.3, 0.4) is 0 Å². The van der Waals surface area contributed by atoms with Crippen molar-refractivity contribution in [3.05, 3.63) is 12.7 Å². The summed E-state index contributed by atoms with van der Waals surface area (Å²) in [5, 5.41) is 16.4. The fourth-order valence-corrected chi connectivity index (χ4v) is 0.999. The molecule has 0 unspecified atom stereocenters. The van der Waals surface area contributed by atoms with Crippen molar-refractivity contribution in [3.8, 4) is 0 Å². The number of hydrogen-bond acceptors (Lipinski definition) is 4. The molecule has 2 N–H and O–H groups in total. The molecule has 106 valence electrons. The van der Waals surface area contributed by atoms with Crippen molar-refractivity contribution in [3.63, 3.8) is 0 Å². The molecule has 0 saturated heterocycles. The second kappa shape index (κ2) is 15.6. The molecule has 0 fully saturated rings. The molecule has 0 spiro atoms. The summed E-state index contributed by atoms with van der Waals surface area (Å²) in [6.45, 7) is 5.63. The number of carboxylic acids is 1. The zero-order chi connectivity index (χ0) is 14.2. The molecule has 0 rings (SSSR count). The van der Waals surface area contributed by atoms with E-state index in [2.05, 4.69) is 18.2 Å². The minimum absolute atomic E-state index is 0.0461. The number of carbonyl (C=O) groups is 2. The predicted octanol–water partition coefficient (Wildman–Crippen LogP) is 2.14. The second-order valence-corrected chi connectivity index (χ2v) is 3.65. The normalized spacial score (nSPS) is 9.00. The highest BCUT2D eigenvalue weighted by Gasteiger charge is 1.94. The van der Waals surface area contributed by atoms with E-state index < -0.39 is 11.9 Å². The third-order valence-electron chi connectivity index (χ3n) is 1.96. The lowest BCUT2D eigenvalue weighted by molar-refractivity contribution is -0.138. The first-order chi connectivity index (χ1) is 8.58. The smallest absolute Gasteiger partial charge is 0.330 e. The monoisotopic (exact) mass is 260 g/mol. The summed E-state index contributed by atoms with van der Waals surface area (Å²) in [5.74, 6) is -1.12. The first kappa shape index (κ1) is 19.0. The third-order valence-corrected chi connectivity index (χ3v) is 1.96. The number of carboxylic acid groups (broad SMARTS) is 1. The molecule has 0 saturated carbocycles. The van der Waals surface area contributed by atoms with Crippen LogP contribution in [0.1, 0.15) is 45.4 Å². The van der Waals surface area contributed by atoms with E-state index in [1.54, 1.807) is 0 Å². The first-order valence-electron chi connectivity index (χ1n) is 6.20. The summed E-state index contributed by atoms with van der Waals surface area (Å²) >= 11 is 0. The highest BCUT2D eigenvalue weighted by Crippen LogP contribution is 2.01. The Morgan fingerprint density at radius 2 is 1.89 bits per heavy atom. The minimum atomic E-state index is -0.675. The average Bonchev–Trinajstić information content (AvgIpc) is 2.35. The highest BCUT2D eigenvalue weighted by molar-refractivity contribution is 5.81. The number of hydrogen-bond donors (Lipinski definition) is 2. The Morgan fingerprint density at radius 3 is 2.33 bits per heavy atom. The Bertz CT molecular complexity index is 225. The maximum Gasteiger partial charge on any atom is 0.330 e. The van der Waals surface area contributed by atoms with E-state index in [0.717, 1.165) is 25.3 Å². The number of aliphatic carboxylic acids is 1. The lowest BCUT2D eigenvalue weighted by atomic mass is 10.2. The maximum absolute atomic E-state index is 10.3. The second-order valence-electron chi connectivity index (χ2n) is 3.65. The third kappa shape index (κ3) is 20.1. The predicted molar refractivity (Wildman–Crippen MR) is 69.3 cm³/mol. The fourth-order valence-electron chi connectivity index (χ4n) is 0.999. The van der Waals surface area contributed by atoms with Gasteiger partial charge in [-0.05, 0) is 6.42 Å². The van der Waals surface area contributed by atoms with Crippen molar-refractivity contribution in [2.75, 3.05) is 13.2 Å². The molecule has 0 amide bonds. The van der Waals surface area contributed by atoms with Gasteiger partial charge in [-0.1, -0.05) is 32.8 Å². The van der Waals surface area contributed by atoms with Gasteiger partial charge in [-0.25, -0.2) is 4.79 Å². The Balaban J connectivity index is 0. The van der Waals surface area contributed by atoms with Crippen molar-refractivity contribution in [1.29, 1.82) is 0 Å². The number of rotatable bonds is 9. The van der Waals surface area contributed by atoms with Crippen LogP contribution in [0.15, 0.2) is 12.7 Å². The van der Waals surface area contributed by atoms with E-state index in [0.29, 0.717) is 12.8 Å². The molecule has 0 aromatic rings. The Morgan fingerprint density at radius 1 is 1.22 bits per heavy atom. The van der Waals surface area contributed by atoms with Gasteiger partial charge in [0.25, 0.3) is 0 Å². The van der Waals surface area contributed by atoms with E-state index in [1.807, 2.05) is 0 Å². The van der Waals surface area contributed by atoms with Gasteiger partial charge in [-0.15, -0.1) is 0 Å². The molecule has 0 aromatic heterocycles. The van der Waals surface area contributed by atoms with E-state index in [9.17, 15) is 9.59 Å². The van der Waals surface area contributed by atoms with Gasteiger partial charge >= 0.3 is 11.9 Å². The first-order valence-corrected chi connectivity index (χ1v) is 6.20. The van der Waals surface area contributed by atoms with Crippen LogP contribution in [0.2, 0.25) is 0 Å². The van der Waals surface area contributed by atoms with Crippen LogP contribution in [0.25, 0.3) is 0 Å². The standard InChI is InChI=1S/C7H14O2.C6H10O3/c1-2-3-4-5-6-7(8)9;1-2-6(8)9-5-3-4-7/h2-6H2,1H3,(H,8,9);2,7H,1,3-5H2. The summed E-state index contributed by atoms with van der Waals surface area (Å²) in [4.78, 5) is 20.2. The fraction of sp³-hybridized carbons (Fsp3) is 0.692. The summed E-state index contributed by atoms with van der Waals surface area (Å²) in [5.41, 5.74) is 0. The molecule has 0 atom stereocenters. The van der Waals surface area contributed by atoms with E-state index in [4.69, 9.17) is 10.2 Å². The zero-order valence-electron chi connectivity index (χ0n) is 11.1. The maximum atomic E-state index is 10.3. The van der Waals surface area contributed by atoms with Crippen LogP contribution < -0.4 is 0 Å². The van der Waals surface area contributed by atoms with Gasteiger partial charge in [0.15, 0.2) is 0 Å². The van der Waals surface area contributed by atoms with Gasteiger partial charge in [0.2, 0.25) is 0 Å². The molecular formula is C13H24O5. The molecule has 0 aromatic carbocycles. The van der Waals surface area contributed by atoms with E-state index in [-0.39, 0.29) is 13.2 Å². The van der Waals surface area contributed by atoms with Gasteiger partial charge in [0.05, 0.1) is 6.61 Å². The van der Waals surface area contributed by atoms with Crippen LogP contribution >= 0.6 is 0 Å². The number of esters is 1. The molecule has 0 aliphatic carbocycles. The SMILES string of the molecule is C=CC(=O)OCCCO.CCCCCCC(=O)O. The molecule has 0 aliphatic heterocycles. The van der Waals surface area contributed by atoms with Gasteiger partial charge < -0.3 is 14.9 Å². The molecule has 0 bridgehead atoms. The number of carbonyl (C=O) groups excluding carboxylic acids is 1. The molecule has 0 heterocycles. The Labute approximate surface area is 108 Å². The average molecular weight is 260 g/mol. The molecule has 5 heteroatoms. The van der Waals surface area contributed by atoms with Crippen molar-refractivity contribution in [1.82, 2.24) is 0 Å². The lowest BCUT2D eigenvalue weighted by Gasteiger charge is -1.96. The number of ether oxygens (including phenoxy) is 1. The van der Waals surface area contributed by atoms with Gasteiger partial charge in [0.1, 0.15) is 0 Å². The van der Waals surface area contributed by atoms with Crippen LogP contribution in [0.4, 0.5) is 0 Å². The van der Waals surface area contributed by atoms with Crippen LogP contribution in [-0.4, -0.2) is 35.4 Å². The number of aliphatic hydroxyl groups is 1. The topological polar surface area (TPSA) is 83.8 Å². The Kier molecular flexibility index (Phi) is 16.5. The summed E-state index contributed by atoms with van der Waals surface area (Å²) in [6.07, 6.45) is 6.13. The van der Waals surface area contributed by atoms with Gasteiger partial charge in [-0.2, -0.15) is 0 Å². The zero-order valence-corrected chi connectivity index (χ0v) is 11.1. The molecular weight excluding hydrogens is 236 g/mol.